The van der Waals surface area contributed by atoms with E-state index in [1.165, 1.54) is 0 Å². The quantitative estimate of drug-likeness (QED) is 0.182. The molecule has 43 heavy (non-hydrogen) atoms. The van der Waals surface area contributed by atoms with Crippen LogP contribution in [0.2, 0.25) is 0 Å². The summed E-state index contributed by atoms with van der Waals surface area (Å²) in [5, 5.41) is 25.3. The fraction of sp³-hybridized carbons (Fsp3) is 0.258. The van der Waals surface area contributed by atoms with Gasteiger partial charge in [0.15, 0.2) is 0 Å². The first kappa shape index (κ1) is 27.6. The van der Waals surface area contributed by atoms with E-state index in [0.29, 0.717) is 23.2 Å². The molecule has 1 saturated heterocycles. The van der Waals surface area contributed by atoms with Crippen molar-refractivity contribution in [2.75, 3.05) is 6.54 Å². The zero-order chi connectivity index (χ0) is 29.9. The molecule has 1 aromatic heterocycles. The van der Waals surface area contributed by atoms with Crippen LogP contribution in [0.25, 0.3) is 10.9 Å². The van der Waals surface area contributed by atoms with Crippen molar-refractivity contribution in [1.82, 2.24) is 20.5 Å². The molecular weight excluding hydrogens is 567 g/mol. The monoisotopic (exact) mass is 596 g/mol. The Hall–Kier alpha value is -4.26. The molecule has 3 amide bonds. The molecule has 1 aliphatic carbocycles. The number of nitrogens with one attached hydrogen (secondary N) is 3. The number of piperidine rings is 1. The van der Waals surface area contributed by atoms with Crippen molar-refractivity contribution in [2.24, 2.45) is 5.41 Å². The lowest BCUT2D eigenvalue weighted by Crippen LogP contribution is -2.50. The molecule has 7 rings (SSSR count). The molecule has 2 fully saturated rings. The third kappa shape index (κ3) is 5.15. The highest BCUT2D eigenvalue weighted by Crippen LogP contribution is 2.59. The van der Waals surface area contributed by atoms with Crippen molar-refractivity contribution in [3.63, 3.8) is 0 Å². The van der Waals surface area contributed by atoms with E-state index in [9.17, 15) is 24.4 Å². The third-order valence-electron chi connectivity index (χ3n) is 8.57. The van der Waals surface area contributed by atoms with Crippen LogP contribution < -0.4 is 20.8 Å². The van der Waals surface area contributed by atoms with Crippen LogP contribution in [0.1, 0.15) is 35.8 Å². The highest BCUT2D eigenvalue weighted by molar-refractivity contribution is 7.99. The molecule has 5 N–H and O–H groups in total. The van der Waals surface area contributed by atoms with E-state index in [-0.39, 0.29) is 36.4 Å². The smallest absolute Gasteiger partial charge is 0.455 e. The summed E-state index contributed by atoms with van der Waals surface area (Å²) in [4.78, 5) is 46.5. The molecule has 2 aliphatic heterocycles. The lowest BCUT2D eigenvalue weighted by atomic mass is 9.80. The Balaban J connectivity index is 0.981. The SMILES string of the molecule is C[C@@]12C[C@@H]1N(C(=O)CNC(=O)c1ccc3c(c1)Oc1ccccc1S3)[C@H](C(=O)NCc1cc3cc(B(O)O)ccc3[nH]1)C2. The van der Waals surface area contributed by atoms with Crippen LogP contribution in [0.15, 0.2) is 76.5 Å². The number of aromatic amines is 1. The molecule has 0 radical (unpaired) electrons. The second-order valence-corrected chi connectivity index (χ2v) is 12.7. The Kier molecular flexibility index (Phi) is 6.72. The van der Waals surface area contributed by atoms with E-state index in [4.69, 9.17) is 4.74 Å². The summed E-state index contributed by atoms with van der Waals surface area (Å²) in [5.41, 5.74) is 2.23. The van der Waals surface area contributed by atoms with Gasteiger partial charge in [0, 0.05) is 22.8 Å². The normalized spacial score (nSPS) is 21.3. The molecule has 0 spiro atoms. The van der Waals surface area contributed by atoms with Crippen LogP contribution in [-0.2, 0) is 16.1 Å². The number of hydrogen-bond acceptors (Lipinski definition) is 7. The van der Waals surface area contributed by atoms with Crippen LogP contribution in [0.3, 0.4) is 0 Å². The number of likely N-dealkylation sites (tertiary alicyclic amines) is 1. The summed E-state index contributed by atoms with van der Waals surface area (Å²) < 4.78 is 5.99. The first-order valence-electron chi connectivity index (χ1n) is 14.1. The Morgan fingerprint density at radius 3 is 2.67 bits per heavy atom. The minimum atomic E-state index is -1.56. The molecule has 10 nitrogen and oxygen atoms in total. The Morgan fingerprint density at radius 2 is 1.84 bits per heavy atom. The van der Waals surface area contributed by atoms with Crippen molar-refractivity contribution in [3.8, 4) is 11.5 Å². The predicted octanol–water partition coefficient (Wildman–Crippen LogP) is 2.53. The van der Waals surface area contributed by atoms with Crippen LogP contribution in [0.5, 0.6) is 11.5 Å². The molecule has 218 valence electrons. The number of fused-ring (bicyclic) bond motifs is 4. The van der Waals surface area contributed by atoms with E-state index < -0.39 is 19.1 Å². The maximum atomic E-state index is 13.4. The van der Waals surface area contributed by atoms with Crippen LogP contribution in [0, 0.1) is 5.41 Å². The standard InChI is InChI=1S/C31H29BN4O6S/c1-31-13-22(30(39)33-15-20-11-18-10-19(32(40)41)7-8-21(18)35-20)36(27(31)14-31)28(37)16-34-29(38)17-6-9-26-24(12-17)42-23-4-2-3-5-25(23)43-26/h2-12,22,27,35,40-41H,13-16H2,1H3,(H,33,39)(H,34,38)/t22-,27-,31+/m0/s1. The molecule has 3 aromatic carbocycles. The third-order valence-corrected chi connectivity index (χ3v) is 9.69. The Morgan fingerprint density at radius 1 is 1.02 bits per heavy atom. The highest BCUT2D eigenvalue weighted by atomic mass is 32.2. The fourth-order valence-electron chi connectivity index (χ4n) is 6.15. The summed E-state index contributed by atoms with van der Waals surface area (Å²) >= 11 is 1.57. The van der Waals surface area contributed by atoms with Gasteiger partial charge in [-0.1, -0.05) is 43.0 Å². The molecule has 0 bridgehead atoms. The van der Waals surface area contributed by atoms with E-state index in [2.05, 4.69) is 22.5 Å². The molecule has 3 atom stereocenters. The molecule has 3 heterocycles. The van der Waals surface area contributed by atoms with Crippen LogP contribution >= 0.6 is 11.8 Å². The van der Waals surface area contributed by atoms with Crippen LogP contribution in [-0.4, -0.2) is 63.4 Å². The topological polar surface area (TPSA) is 144 Å². The van der Waals surface area contributed by atoms with Gasteiger partial charge >= 0.3 is 7.12 Å². The molecule has 12 heteroatoms. The van der Waals surface area contributed by atoms with Gasteiger partial charge in [-0.05, 0) is 71.6 Å². The minimum Gasteiger partial charge on any atom is -0.455 e. The Labute approximate surface area is 251 Å². The largest absolute Gasteiger partial charge is 0.488 e. The van der Waals surface area contributed by atoms with Crippen molar-refractivity contribution in [3.05, 3.63) is 78.0 Å². The van der Waals surface area contributed by atoms with E-state index in [1.807, 2.05) is 36.4 Å². The van der Waals surface area contributed by atoms with Gasteiger partial charge in [0.2, 0.25) is 11.8 Å². The van der Waals surface area contributed by atoms with Gasteiger partial charge in [-0.15, -0.1) is 0 Å². The average Bonchev–Trinajstić information content (AvgIpc) is 3.33. The van der Waals surface area contributed by atoms with Gasteiger partial charge < -0.3 is 35.3 Å². The van der Waals surface area contributed by atoms with Crippen molar-refractivity contribution in [1.29, 1.82) is 0 Å². The number of aromatic nitrogens is 1. The van der Waals surface area contributed by atoms with E-state index in [1.54, 1.807) is 47.0 Å². The van der Waals surface area contributed by atoms with Crippen LogP contribution in [0.4, 0.5) is 0 Å². The summed E-state index contributed by atoms with van der Waals surface area (Å²) in [5.74, 6) is 0.396. The van der Waals surface area contributed by atoms with Gasteiger partial charge in [0.25, 0.3) is 5.91 Å². The molecular formula is C31H29BN4O6S. The van der Waals surface area contributed by atoms with Crippen molar-refractivity contribution < 1.29 is 29.2 Å². The number of amides is 3. The summed E-state index contributed by atoms with van der Waals surface area (Å²) in [6.45, 7) is 2.09. The number of nitrogens with zero attached hydrogens (tertiary/aromatic N) is 1. The first-order valence-corrected chi connectivity index (χ1v) is 14.9. The Bertz CT molecular complexity index is 1790. The summed E-state index contributed by atoms with van der Waals surface area (Å²) in [7, 11) is -1.56. The lowest BCUT2D eigenvalue weighted by molar-refractivity contribution is -0.139. The highest BCUT2D eigenvalue weighted by Gasteiger charge is 2.64. The van der Waals surface area contributed by atoms with Gasteiger partial charge in [-0.2, -0.15) is 0 Å². The second-order valence-electron chi connectivity index (χ2n) is 11.6. The second kappa shape index (κ2) is 10.5. The maximum Gasteiger partial charge on any atom is 0.488 e. The minimum absolute atomic E-state index is 0.0294. The molecule has 1 saturated carbocycles. The number of para-hydroxylation sites is 1. The molecule has 3 aliphatic rings. The number of hydrogen-bond donors (Lipinski definition) is 5. The lowest BCUT2D eigenvalue weighted by Gasteiger charge is -2.27. The van der Waals surface area contributed by atoms with E-state index >= 15 is 0 Å². The first-order chi connectivity index (χ1) is 20.7. The zero-order valence-electron chi connectivity index (χ0n) is 23.3. The molecule has 0 unspecified atom stereocenters. The van der Waals surface area contributed by atoms with Gasteiger partial charge in [-0.3, -0.25) is 14.4 Å². The summed E-state index contributed by atoms with van der Waals surface area (Å²) in [6.07, 6.45) is 1.40. The maximum absolute atomic E-state index is 13.4. The molecule has 4 aromatic rings. The number of carbonyl (C=O) groups is 3. The number of benzene rings is 3. The van der Waals surface area contributed by atoms with Crippen molar-refractivity contribution in [2.45, 2.75) is 48.2 Å². The van der Waals surface area contributed by atoms with E-state index in [0.717, 1.165) is 38.6 Å². The number of carbonyl (C=O) groups excluding carboxylic acids is 3. The van der Waals surface area contributed by atoms with Gasteiger partial charge in [0.1, 0.15) is 17.5 Å². The van der Waals surface area contributed by atoms with Crippen molar-refractivity contribution >= 4 is 53.0 Å². The number of ether oxygens (including phenoxy) is 1. The zero-order valence-corrected chi connectivity index (χ0v) is 24.1. The summed E-state index contributed by atoms with van der Waals surface area (Å²) in [6, 6.07) is 19.2. The van der Waals surface area contributed by atoms with Gasteiger partial charge in [0.05, 0.1) is 22.9 Å². The fourth-order valence-corrected chi connectivity index (χ4v) is 7.08. The average molecular weight is 596 g/mol. The number of rotatable bonds is 7. The number of H-pyrrole nitrogens is 1. The predicted molar refractivity (Wildman–Crippen MR) is 161 cm³/mol. The van der Waals surface area contributed by atoms with Gasteiger partial charge in [-0.25, -0.2) is 0 Å².